The highest BCUT2D eigenvalue weighted by molar-refractivity contribution is 7.16. The first-order chi connectivity index (χ1) is 10.2. The van der Waals surface area contributed by atoms with E-state index in [9.17, 15) is 0 Å². The van der Waals surface area contributed by atoms with Gasteiger partial charge >= 0.3 is 0 Å². The summed E-state index contributed by atoms with van der Waals surface area (Å²) in [5.41, 5.74) is 0. The Kier molecular flexibility index (Phi) is 5.38. The third-order valence-electron chi connectivity index (χ3n) is 4.58. The molecule has 114 valence electrons. The van der Waals surface area contributed by atoms with Gasteiger partial charge in [-0.2, -0.15) is 0 Å². The Bertz CT molecular complexity index is 549. The molecule has 0 radical (unpaired) electrons. The number of rotatable bonds is 5. The molecular weight excluding hydrogens is 318 g/mol. The minimum absolute atomic E-state index is 0.302. The molecule has 2 heterocycles. The summed E-state index contributed by atoms with van der Waals surface area (Å²) < 4.78 is 0.874. The molecular formula is C17H22ClNS2. The molecule has 2 aromatic heterocycles. The molecule has 4 heteroatoms. The number of hydrogen-bond acceptors (Lipinski definition) is 3. The third kappa shape index (κ3) is 3.89. The van der Waals surface area contributed by atoms with Crippen molar-refractivity contribution in [3.63, 3.8) is 0 Å². The fraction of sp³-hybridized carbons (Fsp3) is 0.529. The lowest BCUT2D eigenvalue weighted by molar-refractivity contribution is 0.244. The highest BCUT2D eigenvalue weighted by Crippen LogP contribution is 2.34. The molecule has 0 saturated heterocycles. The van der Waals surface area contributed by atoms with Crippen LogP contribution in [0.4, 0.5) is 0 Å². The van der Waals surface area contributed by atoms with Crippen molar-refractivity contribution in [2.75, 3.05) is 6.54 Å². The molecule has 0 spiro atoms. The van der Waals surface area contributed by atoms with Crippen molar-refractivity contribution < 1.29 is 0 Å². The summed E-state index contributed by atoms with van der Waals surface area (Å²) in [5, 5.41) is 5.97. The van der Waals surface area contributed by atoms with Gasteiger partial charge in [0.2, 0.25) is 0 Å². The molecule has 1 aliphatic carbocycles. The van der Waals surface area contributed by atoms with E-state index in [1.165, 1.54) is 35.4 Å². The van der Waals surface area contributed by atoms with E-state index in [0.717, 1.165) is 22.7 Å². The highest BCUT2D eigenvalue weighted by Gasteiger charge is 2.24. The Morgan fingerprint density at radius 3 is 2.76 bits per heavy atom. The highest BCUT2D eigenvalue weighted by atomic mass is 35.5. The molecule has 0 amide bonds. The van der Waals surface area contributed by atoms with Crippen molar-refractivity contribution in [3.05, 3.63) is 43.7 Å². The Balaban J connectivity index is 1.71. The van der Waals surface area contributed by atoms with Crippen LogP contribution in [0.1, 0.15) is 48.4 Å². The van der Waals surface area contributed by atoms with Crippen LogP contribution in [0.2, 0.25) is 4.34 Å². The fourth-order valence-electron chi connectivity index (χ4n) is 3.25. The SMILES string of the molecule is CC1CCCCC1CNC(c1cccs1)c1ccc(Cl)s1. The second kappa shape index (κ2) is 7.28. The maximum absolute atomic E-state index is 6.13. The number of halogens is 1. The molecule has 2 aromatic rings. The van der Waals surface area contributed by atoms with E-state index in [2.05, 4.69) is 35.8 Å². The van der Waals surface area contributed by atoms with Gasteiger partial charge in [-0.1, -0.05) is 43.9 Å². The van der Waals surface area contributed by atoms with E-state index in [0.29, 0.717) is 6.04 Å². The van der Waals surface area contributed by atoms with Gasteiger partial charge in [-0.25, -0.2) is 0 Å². The molecule has 21 heavy (non-hydrogen) atoms. The number of thiophene rings is 2. The van der Waals surface area contributed by atoms with Gasteiger partial charge in [0.1, 0.15) is 0 Å². The monoisotopic (exact) mass is 339 g/mol. The zero-order valence-corrected chi connectivity index (χ0v) is 14.7. The number of hydrogen-bond donors (Lipinski definition) is 1. The molecule has 1 aliphatic rings. The molecule has 3 unspecified atom stereocenters. The van der Waals surface area contributed by atoms with Gasteiger partial charge in [0.15, 0.2) is 0 Å². The topological polar surface area (TPSA) is 12.0 Å². The summed E-state index contributed by atoms with van der Waals surface area (Å²) in [7, 11) is 0. The van der Waals surface area contributed by atoms with E-state index in [-0.39, 0.29) is 0 Å². The van der Waals surface area contributed by atoms with Gasteiger partial charge in [0.25, 0.3) is 0 Å². The molecule has 3 atom stereocenters. The first kappa shape index (κ1) is 15.5. The third-order valence-corrected chi connectivity index (χ3v) is 6.81. The maximum atomic E-state index is 6.13. The fourth-order valence-corrected chi connectivity index (χ4v) is 5.29. The predicted octanol–water partition coefficient (Wildman–Crippen LogP) is 5.97. The first-order valence-corrected chi connectivity index (χ1v) is 9.83. The number of nitrogens with one attached hydrogen (secondary N) is 1. The Hall–Kier alpha value is -0.350. The van der Waals surface area contributed by atoms with Gasteiger partial charge < -0.3 is 5.32 Å². The Morgan fingerprint density at radius 1 is 1.24 bits per heavy atom. The normalized spacial score (nSPS) is 24.1. The molecule has 0 aliphatic heterocycles. The quantitative estimate of drug-likeness (QED) is 0.707. The molecule has 1 N–H and O–H groups in total. The van der Waals surface area contributed by atoms with E-state index >= 15 is 0 Å². The van der Waals surface area contributed by atoms with Crippen LogP contribution in [0.15, 0.2) is 29.6 Å². The summed E-state index contributed by atoms with van der Waals surface area (Å²) in [6.07, 6.45) is 5.56. The second-order valence-corrected chi connectivity index (χ2v) is 8.75. The van der Waals surface area contributed by atoms with Crippen molar-refractivity contribution in [2.45, 2.75) is 38.6 Å². The average molecular weight is 340 g/mol. The van der Waals surface area contributed by atoms with Crippen LogP contribution >= 0.6 is 34.3 Å². The Labute approximate surface area is 140 Å². The summed E-state index contributed by atoms with van der Waals surface area (Å²) >= 11 is 9.65. The molecule has 1 saturated carbocycles. The molecule has 1 fully saturated rings. The standard InChI is InChI=1S/C17H22ClNS2/c1-12-5-2-3-6-13(12)11-19-17(14-7-4-10-20-14)15-8-9-16(18)21-15/h4,7-10,12-13,17,19H,2-3,5-6,11H2,1H3. The van der Waals surface area contributed by atoms with Crippen LogP contribution in [0.5, 0.6) is 0 Å². The minimum atomic E-state index is 0.302. The van der Waals surface area contributed by atoms with Crippen LogP contribution in [-0.4, -0.2) is 6.54 Å². The smallest absolute Gasteiger partial charge is 0.0931 e. The van der Waals surface area contributed by atoms with Gasteiger partial charge in [-0.05, 0) is 48.4 Å². The maximum Gasteiger partial charge on any atom is 0.0931 e. The second-order valence-electron chi connectivity index (χ2n) is 6.02. The van der Waals surface area contributed by atoms with E-state index in [4.69, 9.17) is 11.6 Å². The Morgan fingerprint density at radius 2 is 2.10 bits per heavy atom. The molecule has 3 rings (SSSR count). The lowest BCUT2D eigenvalue weighted by atomic mass is 9.80. The van der Waals surface area contributed by atoms with Crippen LogP contribution in [0.25, 0.3) is 0 Å². The molecule has 0 bridgehead atoms. The van der Waals surface area contributed by atoms with Crippen LogP contribution in [0, 0.1) is 11.8 Å². The zero-order chi connectivity index (χ0) is 14.7. The van der Waals surface area contributed by atoms with Gasteiger partial charge in [0, 0.05) is 9.75 Å². The van der Waals surface area contributed by atoms with Gasteiger partial charge in [-0.3, -0.25) is 0 Å². The lowest BCUT2D eigenvalue weighted by Crippen LogP contribution is -2.32. The van der Waals surface area contributed by atoms with Crippen LogP contribution in [-0.2, 0) is 0 Å². The van der Waals surface area contributed by atoms with E-state index in [1.807, 2.05) is 17.4 Å². The summed E-state index contributed by atoms with van der Waals surface area (Å²) in [6, 6.07) is 8.83. The van der Waals surface area contributed by atoms with Crippen molar-refractivity contribution in [2.24, 2.45) is 11.8 Å². The average Bonchev–Trinajstić information content (AvgIpc) is 3.13. The van der Waals surface area contributed by atoms with Crippen molar-refractivity contribution in [1.82, 2.24) is 5.32 Å². The minimum Gasteiger partial charge on any atom is -0.305 e. The first-order valence-electron chi connectivity index (χ1n) is 7.76. The van der Waals surface area contributed by atoms with E-state index < -0.39 is 0 Å². The predicted molar refractivity (Wildman–Crippen MR) is 94.6 cm³/mol. The molecule has 1 nitrogen and oxygen atoms in total. The molecule has 0 aromatic carbocycles. The van der Waals surface area contributed by atoms with Gasteiger partial charge in [0.05, 0.1) is 10.4 Å². The largest absolute Gasteiger partial charge is 0.305 e. The lowest BCUT2D eigenvalue weighted by Gasteiger charge is -2.30. The van der Waals surface area contributed by atoms with Crippen molar-refractivity contribution in [3.8, 4) is 0 Å². The summed E-state index contributed by atoms with van der Waals surface area (Å²) in [4.78, 5) is 2.71. The summed E-state index contributed by atoms with van der Waals surface area (Å²) in [6.45, 7) is 3.52. The van der Waals surface area contributed by atoms with Crippen LogP contribution < -0.4 is 5.32 Å². The van der Waals surface area contributed by atoms with Crippen molar-refractivity contribution in [1.29, 1.82) is 0 Å². The van der Waals surface area contributed by atoms with Crippen molar-refractivity contribution >= 4 is 34.3 Å². The van der Waals surface area contributed by atoms with Crippen LogP contribution in [0.3, 0.4) is 0 Å². The van der Waals surface area contributed by atoms with Gasteiger partial charge in [-0.15, -0.1) is 22.7 Å². The van der Waals surface area contributed by atoms with E-state index in [1.54, 1.807) is 11.3 Å². The summed E-state index contributed by atoms with van der Waals surface area (Å²) in [5.74, 6) is 1.67. The zero-order valence-electron chi connectivity index (χ0n) is 12.3.